The highest BCUT2D eigenvalue weighted by Gasteiger charge is 2.32. The maximum absolute atomic E-state index is 10.8. The van der Waals surface area contributed by atoms with E-state index in [-0.39, 0.29) is 5.54 Å². The molecule has 2 rings (SSSR count). The normalized spacial score (nSPS) is 19.0. The van der Waals surface area contributed by atoms with Crippen LogP contribution in [0.3, 0.4) is 0 Å². The molecular formula is C12H17N3O2. The highest BCUT2D eigenvalue weighted by atomic mass is 16.4. The van der Waals surface area contributed by atoms with Crippen molar-refractivity contribution in [2.24, 2.45) is 5.73 Å². The zero-order valence-electron chi connectivity index (χ0n) is 9.67. The van der Waals surface area contributed by atoms with E-state index in [0.717, 1.165) is 5.69 Å². The van der Waals surface area contributed by atoms with Crippen LogP contribution in [0.4, 0.5) is 4.79 Å². The topological polar surface area (TPSA) is 79.5 Å². The quantitative estimate of drug-likeness (QED) is 0.804. The molecule has 1 aromatic rings. The van der Waals surface area contributed by atoms with Crippen molar-refractivity contribution in [2.45, 2.75) is 24.8 Å². The van der Waals surface area contributed by atoms with Crippen LogP contribution in [0.15, 0.2) is 24.4 Å². The van der Waals surface area contributed by atoms with E-state index in [9.17, 15) is 4.79 Å². The number of amides is 1. The number of nitrogens with two attached hydrogens (primary N) is 1. The predicted octanol–water partition coefficient (Wildman–Crippen LogP) is 1.10. The molecule has 0 atom stereocenters. The molecule has 2 heterocycles. The second-order valence-corrected chi connectivity index (χ2v) is 4.63. The van der Waals surface area contributed by atoms with Gasteiger partial charge in [0.25, 0.3) is 0 Å². The minimum absolute atomic E-state index is 0.319. The molecule has 0 aromatic carbocycles. The summed E-state index contributed by atoms with van der Waals surface area (Å²) in [5.41, 5.74) is 6.95. The average Bonchev–Trinajstić information content (AvgIpc) is 2.30. The Hall–Kier alpha value is -1.62. The summed E-state index contributed by atoms with van der Waals surface area (Å²) in [5, 5.41) is 8.87. The Bertz CT molecular complexity index is 386. The van der Waals surface area contributed by atoms with Crippen LogP contribution in [0, 0.1) is 0 Å². The first-order valence-electron chi connectivity index (χ1n) is 5.76. The van der Waals surface area contributed by atoms with Crippen LogP contribution in [-0.4, -0.2) is 39.7 Å². The molecule has 0 spiro atoms. The zero-order valence-corrected chi connectivity index (χ0v) is 9.67. The smallest absolute Gasteiger partial charge is 0.407 e. The van der Waals surface area contributed by atoms with Crippen LogP contribution in [0.5, 0.6) is 0 Å². The largest absolute Gasteiger partial charge is 0.465 e. The van der Waals surface area contributed by atoms with E-state index in [1.807, 2.05) is 18.2 Å². The van der Waals surface area contributed by atoms with Crippen molar-refractivity contribution < 1.29 is 9.90 Å². The zero-order chi connectivity index (χ0) is 12.3. The fourth-order valence-electron chi connectivity index (χ4n) is 2.18. The molecule has 1 aliphatic heterocycles. The fraction of sp³-hybridized carbons (Fsp3) is 0.500. The van der Waals surface area contributed by atoms with E-state index < -0.39 is 6.09 Å². The Kier molecular flexibility index (Phi) is 3.28. The molecule has 1 aliphatic rings. The third-order valence-corrected chi connectivity index (χ3v) is 3.29. The highest BCUT2D eigenvalue weighted by Crippen LogP contribution is 2.23. The minimum Gasteiger partial charge on any atom is -0.465 e. The van der Waals surface area contributed by atoms with Crippen LogP contribution in [-0.2, 0) is 6.42 Å². The lowest BCUT2D eigenvalue weighted by molar-refractivity contribution is 0.117. The van der Waals surface area contributed by atoms with Gasteiger partial charge in [0, 0.05) is 36.9 Å². The molecule has 1 amide bonds. The fourth-order valence-corrected chi connectivity index (χ4v) is 2.18. The highest BCUT2D eigenvalue weighted by molar-refractivity contribution is 5.65. The first kappa shape index (κ1) is 11.9. The van der Waals surface area contributed by atoms with E-state index in [4.69, 9.17) is 10.8 Å². The Labute approximate surface area is 100 Å². The molecule has 1 saturated heterocycles. The van der Waals surface area contributed by atoms with Crippen molar-refractivity contribution >= 4 is 6.09 Å². The molecule has 0 radical (unpaired) electrons. The van der Waals surface area contributed by atoms with Crippen molar-refractivity contribution in [3.63, 3.8) is 0 Å². The lowest BCUT2D eigenvalue weighted by Gasteiger charge is -2.37. The Morgan fingerprint density at radius 2 is 2.18 bits per heavy atom. The first-order chi connectivity index (χ1) is 8.09. The number of rotatable bonds is 2. The second-order valence-electron chi connectivity index (χ2n) is 4.63. The van der Waals surface area contributed by atoms with Crippen LogP contribution in [0.1, 0.15) is 18.5 Å². The maximum atomic E-state index is 10.8. The van der Waals surface area contributed by atoms with E-state index in [1.165, 1.54) is 4.90 Å². The summed E-state index contributed by atoms with van der Waals surface area (Å²) in [6.45, 7) is 1.03. The first-order valence-corrected chi connectivity index (χ1v) is 5.76. The number of carbonyl (C=O) groups is 1. The standard InChI is InChI=1S/C12H17N3O2/c13-12(9-10-3-1-2-6-14-10)4-7-15(8-5-12)11(16)17/h1-3,6H,4-5,7-9,13H2,(H,16,17). The van der Waals surface area contributed by atoms with E-state index in [2.05, 4.69) is 4.98 Å². The molecule has 5 heteroatoms. The maximum Gasteiger partial charge on any atom is 0.407 e. The van der Waals surface area contributed by atoms with Crippen molar-refractivity contribution in [2.75, 3.05) is 13.1 Å². The van der Waals surface area contributed by atoms with Gasteiger partial charge in [0.1, 0.15) is 0 Å². The van der Waals surface area contributed by atoms with Gasteiger partial charge in [0.05, 0.1) is 0 Å². The molecule has 17 heavy (non-hydrogen) atoms. The number of nitrogens with zero attached hydrogens (tertiary/aromatic N) is 2. The van der Waals surface area contributed by atoms with Crippen LogP contribution >= 0.6 is 0 Å². The average molecular weight is 235 g/mol. The Balaban J connectivity index is 1.96. The van der Waals surface area contributed by atoms with Gasteiger partial charge in [0.15, 0.2) is 0 Å². The van der Waals surface area contributed by atoms with E-state index in [1.54, 1.807) is 6.20 Å². The summed E-state index contributed by atoms with van der Waals surface area (Å²) < 4.78 is 0. The van der Waals surface area contributed by atoms with Gasteiger partial charge in [-0.15, -0.1) is 0 Å². The van der Waals surface area contributed by atoms with E-state index >= 15 is 0 Å². The molecule has 0 aliphatic carbocycles. The van der Waals surface area contributed by atoms with Crippen molar-refractivity contribution in [3.05, 3.63) is 30.1 Å². The molecule has 0 bridgehead atoms. The number of hydrogen-bond acceptors (Lipinski definition) is 3. The van der Waals surface area contributed by atoms with Crippen molar-refractivity contribution in [3.8, 4) is 0 Å². The minimum atomic E-state index is -0.857. The summed E-state index contributed by atoms with van der Waals surface area (Å²) >= 11 is 0. The molecule has 1 fully saturated rings. The van der Waals surface area contributed by atoms with Gasteiger partial charge >= 0.3 is 6.09 Å². The van der Waals surface area contributed by atoms with Crippen molar-refractivity contribution in [1.29, 1.82) is 0 Å². The summed E-state index contributed by atoms with van der Waals surface area (Å²) in [6.07, 6.45) is 2.99. The predicted molar refractivity (Wildman–Crippen MR) is 63.7 cm³/mol. The second kappa shape index (κ2) is 4.71. The van der Waals surface area contributed by atoms with Gasteiger partial charge < -0.3 is 15.7 Å². The summed E-state index contributed by atoms with van der Waals surface area (Å²) in [5.74, 6) is 0. The van der Waals surface area contributed by atoms with Crippen LogP contribution in [0.2, 0.25) is 0 Å². The van der Waals surface area contributed by atoms with E-state index in [0.29, 0.717) is 32.4 Å². The number of likely N-dealkylation sites (tertiary alicyclic amines) is 1. The van der Waals surface area contributed by atoms with Crippen LogP contribution < -0.4 is 5.73 Å². The molecule has 0 unspecified atom stereocenters. The number of hydrogen-bond donors (Lipinski definition) is 2. The number of aromatic nitrogens is 1. The number of pyridine rings is 1. The molecule has 5 nitrogen and oxygen atoms in total. The van der Waals surface area contributed by atoms with Gasteiger partial charge in [-0.3, -0.25) is 4.98 Å². The molecule has 3 N–H and O–H groups in total. The lowest BCUT2D eigenvalue weighted by Crippen LogP contribution is -2.52. The lowest BCUT2D eigenvalue weighted by atomic mass is 9.84. The van der Waals surface area contributed by atoms with Gasteiger partial charge in [-0.2, -0.15) is 0 Å². The Morgan fingerprint density at radius 1 is 1.47 bits per heavy atom. The summed E-state index contributed by atoms with van der Waals surface area (Å²) in [7, 11) is 0. The molecule has 92 valence electrons. The molecular weight excluding hydrogens is 218 g/mol. The third kappa shape index (κ3) is 2.94. The number of piperidine rings is 1. The third-order valence-electron chi connectivity index (χ3n) is 3.29. The van der Waals surface area contributed by atoms with Gasteiger partial charge in [-0.25, -0.2) is 4.79 Å². The monoisotopic (exact) mass is 235 g/mol. The van der Waals surface area contributed by atoms with Gasteiger partial charge in [-0.1, -0.05) is 6.07 Å². The van der Waals surface area contributed by atoms with Crippen LogP contribution in [0.25, 0.3) is 0 Å². The Morgan fingerprint density at radius 3 is 2.71 bits per heavy atom. The van der Waals surface area contributed by atoms with Gasteiger partial charge in [-0.05, 0) is 25.0 Å². The number of carboxylic acid groups (broad SMARTS) is 1. The molecule has 1 aromatic heterocycles. The van der Waals surface area contributed by atoms with Crippen molar-refractivity contribution in [1.82, 2.24) is 9.88 Å². The SMILES string of the molecule is NC1(Cc2ccccn2)CCN(C(=O)O)CC1. The summed E-state index contributed by atoms with van der Waals surface area (Å²) in [4.78, 5) is 16.5. The van der Waals surface area contributed by atoms with Gasteiger partial charge in [0.2, 0.25) is 0 Å². The summed E-state index contributed by atoms with van der Waals surface area (Å²) in [6, 6.07) is 5.77. The molecule has 0 saturated carbocycles.